The van der Waals surface area contributed by atoms with Crippen LogP contribution in [-0.2, 0) is 16.1 Å². The standard InChI is InChI=1S/C19H30N4O2/c1-3-25-14-5-4-12-21-19(20-2)22-15-16-8-10-17(11-9-16)23-13-6-7-18(23)24/h8-11H,3-7,12-15H2,1-2H3,(H2,20,21,22). The summed E-state index contributed by atoms with van der Waals surface area (Å²) in [5, 5.41) is 6.62. The van der Waals surface area contributed by atoms with Gasteiger partial charge in [-0.2, -0.15) is 0 Å². The topological polar surface area (TPSA) is 66.0 Å². The van der Waals surface area contributed by atoms with Crippen molar-refractivity contribution in [2.24, 2.45) is 4.99 Å². The molecular weight excluding hydrogens is 316 g/mol. The van der Waals surface area contributed by atoms with Gasteiger partial charge in [0.05, 0.1) is 0 Å². The maximum absolute atomic E-state index is 11.8. The Balaban J connectivity index is 1.71. The van der Waals surface area contributed by atoms with Crippen LogP contribution >= 0.6 is 0 Å². The third-order valence-electron chi connectivity index (χ3n) is 4.22. The number of rotatable bonds is 9. The van der Waals surface area contributed by atoms with Crippen molar-refractivity contribution in [3.63, 3.8) is 0 Å². The summed E-state index contributed by atoms with van der Waals surface area (Å²) >= 11 is 0. The van der Waals surface area contributed by atoms with Gasteiger partial charge in [-0.3, -0.25) is 9.79 Å². The van der Waals surface area contributed by atoms with Crippen LogP contribution < -0.4 is 15.5 Å². The molecule has 138 valence electrons. The van der Waals surface area contributed by atoms with E-state index >= 15 is 0 Å². The number of ether oxygens (including phenoxy) is 1. The van der Waals surface area contributed by atoms with Crippen LogP contribution in [0.3, 0.4) is 0 Å². The van der Waals surface area contributed by atoms with Crippen LogP contribution in [0.1, 0.15) is 38.2 Å². The van der Waals surface area contributed by atoms with Crippen molar-refractivity contribution in [2.75, 3.05) is 38.3 Å². The average Bonchev–Trinajstić information content (AvgIpc) is 3.07. The van der Waals surface area contributed by atoms with Crippen molar-refractivity contribution in [3.05, 3.63) is 29.8 Å². The van der Waals surface area contributed by atoms with Crippen LogP contribution in [-0.4, -0.2) is 45.2 Å². The molecule has 1 fully saturated rings. The van der Waals surface area contributed by atoms with E-state index in [-0.39, 0.29) is 5.91 Å². The minimum absolute atomic E-state index is 0.222. The molecule has 25 heavy (non-hydrogen) atoms. The van der Waals surface area contributed by atoms with Crippen molar-refractivity contribution >= 4 is 17.6 Å². The summed E-state index contributed by atoms with van der Waals surface area (Å²) in [4.78, 5) is 17.9. The number of unbranched alkanes of at least 4 members (excludes halogenated alkanes) is 1. The third kappa shape index (κ3) is 6.38. The van der Waals surface area contributed by atoms with E-state index in [1.165, 1.54) is 0 Å². The highest BCUT2D eigenvalue weighted by molar-refractivity contribution is 5.95. The molecule has 6 nitrogen and oxygen atoms in total. The molecule has 1 amide bonds. The monoisotopic (exact) mass is 346 g/mol. The molecule has 2 rings (SSSR count). The molecule has 0 atom stereocenters. The largest absolute Gasteiger partial charge is 0.382 e. The Morgan fingerprint density at radius 3 is 2.68 bits per heavy atom. The fraction of sp³-hybridized carbons (Fsp3) is 0.579. The van der Waals surface area contributed by atoms with E-state index in [0.29, 0.717) is 13.0 Å². The van der Waals surface area contributed by atoms with Gasteiger partial charge >= 0.3 is 0 Å². The number of carbonyl (C=O) groups is 1. The number of amides is 1. The zero-order valence-electron chi connectivity index (χ0n) is 15.4. The van der Waals surface area contributed by atoms with Gasteiger partial charge in [0, 0.05) is 52.0 Å². The minimum atomic E-state index is 0.222. The van der Waals surface area contributed by atoms with Crippen LogP contribution in [0, 0.1) is 0 Å². The number of anilines is 1. The summed E-state index contributed by atoms with van der Waals surface area (Å²) in [6.07, 6.45) is 3.72. The third-order valence-corrected chi connectivity index (χ3v) is 4.22. The van der Waals surface area contributed by atoms with Crippen LogP contribution in [0.5, 0.6) is 0 Å². The van der Waals surface area contributed by atoms with Crippen LogP contribution in [0.2, 0.25) is 0 Å². The highest BCUT2D eigenvalue weighted by atomic mass is 16.5. The lowest BCUT2D eigenvalue weighted by molar-refractivity contribution is -0.117. The SMILES string of the molecule is CCOCCCCNC(=NC)NCc1ccc(N2CCCC2=O)cc1. The molecule has 2 N–H and O–H groups in total. The molecule has 0 bridgehead atoms. The molecule has 0 spiro atoms. The highest BCUT2D eigenvalue weighted by Gasteiger charge is 2.21. The molecule has 1 aromatic carbocycles. The van der Waals surface area contributed by atoms with E-state index in [1.54, 1.807) is 7.05 Å². The number of benzene rings is 1. The summed E-state index contributed by atoms with van der Waals surface area (Å²) in [5.41, 5.74) is 2.15. The lowest BCUT2D eigenvalue weighted by atomic mass is 10.2. The van der Waals surface area contributed by atoms with Gasteiger partial charge in [-0.05, 0) is 43.9 Å². The van der Waals surface area contributed by atoms with Crippen molar-refractivity contribution in [1.82, 2.24) is 10.6 Å². The Kier molecular flexibility index (Phi) is 8.25. The van der Waals surface area contributed by atoms with Crippen molar-refractivity contribution in [1.29, 1.82) is 0 Å². The summed E-state index contributed by atoms with van der Waals surface area (Å²) < 4.78 is 5.33. The molecule has 1 heterocycles. The van der Waals surface area contributed by atoms with E-state index in [4.69, 9.17) is 4.74 Å². The van der Waals surface area contributed by atoms with Crippen molar-refractivity contribution in [3.8, 4) is 0 Å². The number of carbonyl (C=O) groups excluding carboxylic acids is 1. The predicted molar refractivity (Wildman–Crippen MR) is 102 cm³/mol. The molecule has 1 aliphatic rings. The summed E-state index contributed by atoms with van der Waals surface area (Å²) in [6.45, 7) is 6.02. The average molecular weight is 346 g/mol. The first-order valence-corrected chi connectivity index (χ1v) is 9.16. The van der Waals surface area contributed by atoms with Gasteiger partial charge in [0.25, 0.3) is 0 Å². The Hall–Kier alpha value is -2.08. The number of aliphatic imine (C=N–C) groups is 1. The number of hydrogen-bond donors (Lipinski definition) is 2. The van der Waals surface area contributed by atoms with Gasteiger partial charge in [-0.15, -0.1) is 0 Å². The summed E-state index contributed by atoms with van der Waals surface area (Å²) in [5.74, 6) is 1.02. The second-order valence-electron chi connectivity index (χ2n) is 6.07. The Morgan fingerprint density at radius 1 is 1.24 bits per heavy atom. The maximum atomic E-state index is 11.8. The van der Waals surface area contributed by atoms with Gasteiger partial charge < -0.3 is 20.3 Å². The Bertz CT molecular complexity index is 557. The number of hydrogen-bond acceptors (Lipinski definition) is 3. The smallest absolute Gasteiger partial charge is 0.227 e. The zero-order chi connectivity index (χ0) is 17.9. The molecule has 1 saturated heterocycles. The van der Waals surface area contributed by atoms with Crippen LogP contribution in [0.15, 0.2) is 29.3 Å². The van der Waals surface area contributed by atoms with E-state index in [0.717, 1.165) is 62.8 Å². The van der Waals surface area contributed by atoms with E-state index in [1.807, 2.05) is 24.0 Å². The van der Waals surface area contributed by atoms with E-state index in [2.05, 4.69) is 27.8 Å². The van der Waals surface area contributed by atoms with Gasteiger partial charge in [0.15, 0.2) is 5.96 Å². The number of nitrogens with one attached hydrogen (secondary N) is 2. The fourth-order valence-corrected chi connectivity index (χ4v) is 2.80. The fourth-order valence-electron chi connectivity index (χ4n) is 2.80. The lowest BCUT2D eigenvalue weighted by Crippen LogP contribution is -2.37. The van der Waals surface area contributed by atoms with Gasteiger partial charge in [0.1, 0.15) is 0 Å². The first-order valence-electron chi connectivity index (χ1n) is 9.16. The lowest BCUT2D eigenvalue weighted by Gasteiger charge is -2.16. The summed E-state index contributed by atoms with van der Waals surface area (Å²) in [7, 11) is 1.78. The van der Waals surface area contributed by atoms with Gasteiger partial charge in [-0.1, -0.05) is 12.1 Å². The van der Waals surface area contributed by atoms with Gasteiger partial charge in [-0.25, -0.2) is 0 Å². The van der Waals surface area contributed by atoms with Crippen molar-refractivity contribution in [2.45, 2.75) is 39.2 Å². The van der Waals surface area contributed by atoms with Crippen molar-refractivity contribution < 1.29 is 9.53 Å². The minimum Gasteiger partial charge on any atom is -0.382 e. The highest BCUT2D eigenvalue weighted by Crippen LogP contribution is 2.21. The molecule has 0 saturated carbocycles. The first-order chi connectivity index (χ1) is 12.2. The Labute approximate surface area is 150 Å². The van der Waals surface area contributed by atoms with E-state index in [9.17, 15) is 4.79 Å². The second-order valence-corrected chi connectivity index (χ2v) is 6.07. The number of nitrogens with zero attached hydrogens (tertiary/aromatic N) is 2. The normalized spacial score (nSPS) is 14.9. The first kappa shape index (κ1) is 19.2. The van der Waals surface area contributed by atoms with E-state index < -0.39 is 0 Å². The van der Waals surface area contributed by atoms with Crippen LogP contribution in [0.25, 0.3) is 0 Å². The van der Waals surface area contributed by atoms with Crippen LogP contribution in [0.4, 0.5) is 5.69 Å². The number of guanidine groups is 1. The quantitative estimate of drug-likeness (QED) is 0.409. The maximum Gasteiger partial charge on any atom is 0.227 e. The zero-order valence-corrected chi connectivity index (χ0v) is 15.4. The molecule has 0 aliphatic carbocycles. The molecular formula is C19H30N4O2. The molecule has 1 aliphatic heterocycles. The predicted octanol–water partition coefficient (Wildman–Crippen LogP) is 2.30. The van der Waals surface area contributed by atoms with Gasteiger partial charge in [0.2, 0.25) is 5.91 Å². The molecule has 1 aromatic rings. The second kappa shape index (κ2) is 10.7. The summed E-state index contributed by atoms with van der Waals surface area (Å²) in [6, 6.07) is 8.15. The molecule has 0 unspecified atom stereocenters. The molecule has 0 radical (unpaired) electrons. The molecule has 6 heteroatoms. The Morgan fingerprint density at radius 2 is 2.04 bits per heavy atom. The molecule has 0 aromatic heterocycles.